The van der Waals surface area contributed by atoms with E-state index >= 15 is 0 Å². The maximum atomic E-state index is 10.8. The molecule has 0 spiro atoms. The molecule has 7 heteroatoms. The Kier molecular flexibility index (Phi) is 4.81. The van der Waals surface area contributed by atoms with E-state index in [0.29, 0.717) is 24.5 Å². The van der Waals surface area contributed by atoms with Crippen LogP contribution in [0.5, 0.6) is 5.75 Å². The smallest absolute Gasteiger partial charge is 0.270 e. The summed E-state index contributed by atoms with van der Waals surface area (Å²) in [6.07, 6.45) is 2.41. The fourth-order valence-corrected chi connectivity index (χ4v) is 2.23. The molecule has 0 N–H and O–H groups in total. The molecule has 3 aromatic rings. The molecule has 0 saturated carbocycles. The highest BCUT2D eigenvalue weighted by Gasteiger charge is 2.10. The molecule has 1 heterocycles. The van der Waals surface area contributed by atoms with Gasteiger partial charge in [0.15, 0.2) is 5.82 Å². The number of nitro groups is 1. The van der Waals surface area contributed by atoms with E-state index in [1.54, 1.807) is 23.1 Å². The van der Waals surface area contributed by atoms with Crippen LogP contribution in [-0.2, 0) is 6.54 Å². The van der Waals surface area contributed by atoms with Gasteiger partial charge in [-0.2, -0.15) is 5.10 Å². The first-order valence-corrected chi connectivity index (χ1v) is 7.54. The Morgan fingerprint density at radius 1 is 1.12 bits per heavy atom. The van der Waals surface area contributed by atoms with E-state index < -0.39 is 4.92 Å². The van der Waals surface area contributed by atoms with E-state index in [9.17, 15) is 10.1 Å². The van der Waals surface area contributed by atoms with Crippen molar-refractivity contribution in [3.05, 3.63) is 71.0 Å². The number of aromatic nitrogens is 3. The van der Waals surface area contributed by atoms with E-state index in [-0.39, 0.29) is 5.69 Å². The molecule has 1 aromatic heterocycles. The summed E-state index contributed by atoms with van der Waals surface area (Å²) in [4.78, 5) is 14.6. The number of ether oxygens (including phenoxy) is 1. The normalized spacial score (nSPS) is 10.5. The Balaban J connectivity index is 1.56. The number of nitrogens with zero attached hydrogens (tertiary/aromatic N) is 4. The summed E-state index contributed by atoms with van der Waals surface area (Å²) in [5.74, 6) is 1.32. The first kappa shape index (κ1) is 15.7. The van der Waals surface area contributed by atoms with Gasteiger partial charge in [0.1, 0.15) is 12.1 Å². The molecule has 3 rings (SSSR count). The average molecular weight is 324 g/mol. The predicted octanol–water partition coefficient (Wildman–Crippen LogP) is 3.32. The molecule has 0 aliphatic carbocycles. The van der Waals surface area contributed by atoms with Crippen molar-refractivity contribution in [2.24, 2.45) is 0 Å². The van der Waals surface area contributed by atoms with Gasteiger partial charge in [-0.25, -0.2) is 4.98 Å². The molecule has 0 aliphatic heterocycles. The molecule has 0 amide bonds. The fraction of sp³-hybridized carbons (Fsp3) is 0.176. The molecule has 0 saturated heterocycles. The highest BCUT2D eigenvalue weighted by molar-refractivity contribution is 5.58. The van der Waals surface area contributed by atoms with Crippen molar-refractivity contribution < 1.29 is 9.66 Å². The molecule has 0 unspecified atom stereocenters. The fourth-order valence-electron chi connectivity index (χ4n) is 2.23. The second kappa shape index (κ2) is 7.36. The maximum Gasteiger partial charge on any atom is 0.270 e. The minimum atomic E-state index is -0.429. The van der Waals surface area contributed by atoms with Crippen LogP contribution in [-0.4, -0.2) is 26.3 Å². The second-order valence-corrected chi connectivity index (χ2v) is 5.15. The van der Waals surface area contributed by atoms with Crippen molar-refractivity contribution >= 4 is 5.69 Å². The van der Waals surface area contributed by atoms with Crippen LogP contribution in [0.3, 0.4) is 0 Å². The van der Waals surface area contributed by atoms with E-state index in [0.717, 1.165) is 12.2 Å². The number of aryl methyl sites for hydroxylation is 1. The van der Waals surface area contributed by atoms with Gasteiger partial charge in [-0.15, -0.1) is 0 Å². The lowest BCUT2D eigenvalue weighted by molar-refractivity contribution is -0.384. The Labute approximate surface area is 138 Å². The van der Waals surface area contributed by atoms with Crippen molar-refractivity contribution in [1.29, 1.82) is 0 Å². The Morgan fingerprint density at radius 3 is 2.75 bits per heavy atom. The van der Waals surface area contributed by atoms with Crippen LogP contribution < -0.4 is 4.74 Å². The van der Waals surface area contributed by atoms with Crippen LogP contribution in [0.25, 0.3) is 11.4 Å². The number of hydrogen-bond acceptors (Lipinski definition) is 5. The molecule has 0 atom stereocenters. The monoisotopic (exact) mass is 324 g/mol. The Hall–Kier alpha value is -3.22. The molecular weight excluding hydrogens is 308 g/mol. The van der Waals surface area contributed by atoms with Crippen molar-refractivity contribution in [2.45, 2.75) is 13.0 Å². The van der Waals surface area contributed by atoms with Crippen LogP contribution in [0, 0.1) is 10.1 Å². The second-order valence-electron chi connectivity index (χ2n) is 5.15. The molecule has 24 heavy (non-hydrogen) atoms. The number of non-ortho nitro benzene ring substituents is 1. The summed E-state index contributed by atoms with van der Waals surface area (Å²) in [6.45, 7) is 1.24. The van der Waals surface area contributed by atoms with Crippen LogP contribution in [0.4, 0.5) is 5.69 Å². The van der Waals surface area contributed by atoms with Crippen LogP contribution in [0.2, 0.25) is 0 Å². The first-order valence-electron chi connectivity index (χ1n) is 7.54. The third kappa shape index (κ3) is 3.95. The lowest BCUT2D eigenvalue weighted by atomic mass is 10.2. The quantitative estimate of drug-likeness (QED) is 0.378. The van der Waals surface area contributed by atoms with Crippen LogP contribution in [0.1, 0.15) is 6.42 Å². The lowest BCUT2D eigenvalue weighted by Gasteiger charge is -2.05. The number of rotatable bonds is 7. The molecule has 122 valence electrons. The standard InChI is InChI=1S/C17H16N4O3/c22-21(23)15-7-4-6-14(12-15)17-18-13-20(19-17)10-5-11-24-16-8-2-1-3-9-16/h1-4,6-9,12-13H,5,10-11H2. The predicted molar refractivity (Wildman–Crippen MR) is 88.7 cm³/mol. The highest BCUT2D eigenvalue weighted by atomic mass is 16.6. The number of benzene rings is 2. The van der Waals surface area contributed by atoms with Gasteiger partial charge in [0.25, 0.3) is 5.69 Å². The van der Waals surface area contributed by atoms with Crippen molar-refractivity contribution in [1.82, 2.24) is 14.8 Å². The zero-order valence-electron chi connectivity index (χ0n) is 12.9. The summed E-state index contributed by atoms with van der Waals surface area (Å²) in [5.41, 5.74) is 0.656. The summed E-state index contributed by atoms with van der Waals surface area (Å²) < 4.78 is 7.34. The molecule has 0 bridgehead atoms. The summed E-state index contributed by atoms with van der Waals surface area (Å²) in [6, 6.07) is 15.9. The maximum absolute atomic E-state index is 10.8. The largest absolute Gasteiger partial charge is 0.494 e. The van der Waals surface area contributed by atoms with Crippen LogP contribution in [0.15, 0.2) is 60.9 Å². The van der Waals surface area contributed by atoms with Crippen molar-refractivity contribution in [2.75, 3.05) is 6.61 Å². The summed E-state index contributed by atoms with van der Waals surface area (Å²) in [5, 5.41) is 15.2. The molecule has 0 aliphatic rings. The van der Waals surface area contributed by atoms with E-state index in [2.05, 4.69) is 10.1 Å². The zero-order valence-corrected chi connectivity index (χ0v) is 12.9. The molecule has 0 radical (unpaired) electrons. The summed E-state index contributed by atoms with van der Waals surface area (Å²) >= 11 is 0. The lowest BCUT2D eigenvalue weighted by Crippen LogP contribution is -2.05. The van der Waals surface area contributed by atoms with Gasteiger partial charge in [0.2, 0.25) is 0 Å². The minimum absolute atomic E-state index is 0.0279. The molecule has 2 aromatic carbocycles. The third-order valence-electron chi connectivity index (χ3n) is 3.40. The minimum Gasteiger partial charge on any atom is -0.494 e. The average Bonchev–Trinajstić information content (AvgIpc) is 3.09. The van der Waals surface area contributed by atoms with Gasteiger partial charge in [-0.1, -0.05) is 30.3 Å². The van der Waals surface area contributed by atoms with Gasteiger partial charge in [-0.05, 0) is 12.1 Å². The topological polar surface area (TPSA) is 83.1 Å². The summed E-state index contributed by atoms with van der Waals surface area (Å²) in [7, 11) is 0. The number of nitro benzene ring substituents is 1. The van der Waals surface area contributed by atoms with E-state index in [1.807, 2.05) is 30.3 Å². The van der Waals surface area contributed by atoms with Gasteiger partial charge in [0, 0.05) is 30.7 Å². The molecule has 7 nitrogen and oxygen atoms in total. The highest BCUT2D eigenvalue weighted by Crippen LogP contribution is 2.20. The van der Waals surface area contributed by atoms with Gasteiger partial charge >= 0.3 is 0 Å². The van der Waals surface area contributed by atoms with E-state index in [4.69, 9.17) is 4.74 Å². The zero-order chi connectivity index (χ0) is 16.8. The third-order valence-corrected chi connectivity index (χ3v) is 3.40. The Morgan fingerprint density at radius 2 is 1.96 bits per heavy atom. The molecule has 0 fully saturated rings. The van der Waals surface area contributed by atoms with Crippen molar-refractivity contribution in [3.8, 4) is 17.1 Å². The van der Waals surface area contributed by atoms with Gasteiger partial charge in [-0.3, -0.25) is 14.8 Å². The van der Waals surface area contributed by atoms with Crippen molar-refractivity contribution in [3.63, 3.8) is 0 Å². The van der Waals surface area contributed by atoms with Gasteiger partial charge in [0.05, 0.1) is 11.5 Å². The SMILES string of the molecule is O=[N+]([O-])c1cccc(-c2ncn(CCCOc3ccccc3)n2)c1. The first-order chi connectivity index (χ1) is 11.7. The van der Waals surface area contributed by atoms with Crippen LogP contribution >= 0.6 is 0 Å². The van der Waals surface area contributed by atoms with Gasteiger partial charge < -0.3 is 4.74 Å². The number of para-hydroxylation sites is 1. The molecular formula is C17H16N4O3. The number of hydrogen-bond donors (Lipinski definition) is 0. The Bertz CT molecular complexity index is 817. The van der Waals surface area contributed by atoms with E-state index in [1.165, 1.54) is 12.1 Å².